The van der Waals surface area contributed by atoms with Crippen LogP contribution in [0.25, 0.3) is 0 Å². The van der Waals surface area contributed by atoms with Crippen LogP contribution in [0.2, 0.25) is 0 Å². The molecule has 0 fully saturated rings. The Bertz CT molecular complexity index is 599. The molecule has 4 nitrogen and oxygen atoms in total. The van der Waals surface area contributed by atoms with Gasteiger partial charge in [-0.1, -0.05) is 60.7 Å². The Balaban J connectivity index is 0.00000190. The van der Waals surface area contributed by atoms with Crippen LogP contribution in [0, 0.1) is 0 Å². The van der Waals surface area contributed by atoms with Gasteiger partial charge in [-0.25, -0.2) is 4.39 Å². The van der Waals surface area contributed by atoms with Gasteiger partial charge >= 0.3 is 0 Å². The number of oxime groups is 1. The minimum Gasteiger partial charge on any atom is -0.497 e. The number of hydrogen-bond donors (Lipinski definition) is 0. The summed E-state index contributed by atoms with van der Waals surface area (Å²) in [5.74, 6) is 1.31. The number of hydrogen-bond acceptors (Lipinski definition) is 4. The van der Waals surface area contributed by atoms with Gasteiger partial charge in [-0.05, 0) is 37.8 Å². The van der Waals surface area contributed by atoms with Gasteiger partial charge in [0.15, 0.2) is 5.84 Å². The average Bonchev–Trinajstić information content (AvgIpc) is 3.06. The van der Waals surface area contributed by atoms with E-state index >= 15 is 0 Å². The van der Waals surface area contributed by atoms with Crippen LogP contribution in [-0.4, -0.2) is 48.1 Å². The molecule has 0 amide bonds. The number of allylic oxidation sites excluding steroid dienone is 3. The zero-order valence-electron chi connectivity index (χ0n) is 18.6. The van der Waals surface area contributed by atoms with E-state index in [0.29, 0.717) is 24.4 Å². The number of ether oxygens (including phenoxy) is 1. The van der Waals surface area contributed by atoms with E-state index in [4.69, 9.17) is 9.57 Å². The van der Waals surface area contributed by atoms with Gasteiger partial charge in [-0.3, -0.25) is 0 Å². The Morgan fingerprint density at radius 2 is 2.00 bits per heavy atom. The fourth-order valence-corrected chi connectivity index (χ4v) is 4.96. The van der Waals surface area contributed by atoms with Crippen molar-refractivity contribution in [2.24, 2.45) is 5.16 Å². The molecule has 28 heavy (non-hydrogen) atoms. The third-order valence-electron chi connectivity index (χ3n) is 5.08. The summed E-state index contributed by atoms with van der Waals surface area (Å²) in [6, 6.07) is 0. The zero-order chi connectivity index (χ0) is 21.2. The monoisotopic (exact) mass is 412 g/mol. The van der Waals surface area contributed by atoms with E-state index < -0.39 is 5.72 Å². The first-order valence-corrected chi connectivity index (χ1v) is 12.5. The fourth-order valence-electron chi connectivity index (χ4n) is 3.44. The summed E-state index contributed by atoms with van der Waals surface area (Å²) in [7, 11) is -0.0971. The first-order valence-electron chi connectivity index (χ1n) is 10.6. The van der Waals surface area contributed by atoms with Gasteiger partial charge < -0.3 is 14.5 Å². The lowest BCUT2D eigenvalue weighted by molar-refractivity contribution is -0.0961. The van der Waals surface area contributed by atoms with Gasteiger partial charge in [0, 0.05) is 19.1 Å². The predicted octanol–water partition coefficient (Wildman–Crippen LogP) is 6.41. The molecule has 1 atom stereocenters. The molecule has 0 saturated carbocycles. The van der Waals surface area contributed by atoms with Crippen molar-refractivity contribution < 1.29 is 14.0 Å². The SMILES string of the molecule is C=C/C(F)=C\C1=C(C)OCCC12ON=C(CP(CC)CC)N2CCCC.CC. The summed E-state index contributed by atoms with van der Waals surface area (Å²) >= 11 is 0. The van der Waals surface area contributed by atoms with Gasteiger partial charge in [0.25, 0.3) is 0 Å². The molecule has 0 bridgehead atoms. The smallest absolute Gasteiger partial charge is 0.243 e. The Morgan fingerprint density at radius 3 is 2.57 bits per heavy atom. The van der Waals surface area contributed by atoms with E-state index in [9.17, 15) is 4.39 Å². The Labute approximate surface area is 172 Å². The maximum atomic E-state index is 14.1. The highest BCUT2D eigenvalue weighted by Gasteiger charge is 2.51. The zero-order valence-corrected chi connectivity index (χ0v) is 19.4. The standard InChI is InChI=1S/C20H32FN2O2P.C2H6/c1-6-10-12-23-19(15-26(8-3)9-4)22-25-20(23)11-13-24-16(5)18(20)14-17(21)7-2;1-2/h7,14H,2,6,8-13,15H2,1,3-5H3;1-2H3/b17-14+;. The van der Waals surface area contributed by atoms with E-state index in [1.165, 1.54) is 24.5 Å². The molecule has 1 unspecified atom stereocenters. The summed E-state index contributed by atoms with van der Waals surface area (Å²) < 4.78 is 19.8. The van der Waals surface area contributed by atoms with Gasteiger partial charge in [0.05, 0.1) is 12.2 Å². The molecule has 6 heteroatoms. The maximum absolute atomic E-state index is 14.1. The molecular formula is C22H38FN2O2P. The van der Waals surface area contributed by atoms with Crippen molar-refractivity contribution in [3.05, 3.63) is 35.9 Å². The number of unbranched alkanes of at least 4 members (excludes halogenated alkanes) is 1. The van der Waals surface area contributed by atoms with Crippen LogP contribution in [-0.2, 0) is 9.57 Å². The van der Waals surface area contributed by atoms with Crippen molar-refractivity contribution in [2.75, 3.05) is 31.6 Å². The quantitative estimate of drug-likeness (QED) is 0.324. The van der Waals surface area contributed by atoms with Crippen molar-refractivity contribution in [1.82, 2.24) is 4.90 Å². The van der Waals surface area contributed by atoms with Crippen LogP contribution in [0.15, 0.2) is 41.0 Å². The lowest BCUT2D eigenvalue weighted by atomic mass is 9.93. The Morgan fingerprint density at radius 1 is 1.32 bits per heavy atom. The van der Waals surface area contributed by atoms with Crippen LogP contribution in [0.3, 0.4) is 0 Å². The minimum atomic E-state index is -0.754. The molecule has 0 radical (unpaired) electrons. The maximum Gasteiger partial charge on any atom is 0.243 e. The number of nitrogens with zero attached hydrogens (tertiary/aromatic N) is 2. The van der Waals surface area contributed by atoms with E-state index in [2.05, 4.69) is 37.4 Å². The summed E-state index contributed by atoms with van der Waals surface area (Å²) in [4.78, 5) is 8.33. The third kappa shape index (κ3) is 5.59. The van der Waals surface area contributed by atoms with E-state index in [-0.39, 0.29) is 13.7 Å². The van der Waals surface area contributed by atoms with Gasteiger partial charge in [-0.2, -0.15) is 0 Å². The van der Waals surface area contributed by atoms with Crippen molar-refractivity contribution in [2.45, 2.75) is 66.5 Å². The van der Waals surface area contributed by atoms with Gasteiger partial charge in [0.1, 0.15) is 11.6 Å². The molecule has 160 valence electrons. The summed E-state index contributed by atoms with van der Waals surface area (Å²) in [5, 5.41) is 4.49. The van der Waals surface area contributed by atoms with Crippen LogP contribution in [0.1, 0.15) is 60.8 Å². The predicted molar refractivity (Wildman–Crippen MR) is 120 cm³/mol. The van der Waals surface area contributed by atoms with Crippen LogP contribution in [0.5, 0.6) is 0 Å². The topological polar surface area (TPSA) is 34.1 Å². The highest BCUT2D eigenvalue weighted by molar-refractivity contribution is 7.58. The molecule has 1 spiro atoms. The summed E-state index contributed by atoms with van der Waals surface area (Å²) in [6.07, 6.45) is 8.76. The Hall–Kier alpha value is -1.35. The van der Waals surface area contributed by atoms with E-state index in [1.807, 2.05) is 20.8 Å². The highest BCUT2D eigenvalue weighted by Crippen LogP contribution is 2.44. The molecule has 0 N–H and O–H groups in total. The number of rotatable bonds is 9. The van der Waals surface area contributed by atoms with Crippen molar-refractivity contribution in [3.8, 4) is 0 Å². The number of amidine groups is 1. The third-order valence-corrected chi connectivity index (χ3v) is 7.60. The second-order valence-electron chi connectivity index (χ2n) is 6.65. The molecule has 0 aliphatic carbocycles. The fraction of sp³-hybridized carbons (Fsp3) is 0.682. The largest absolute Gasteiger partial charge is 0.497 e. The summed E-state index contributed by atoms with van der Waals surface area (Å²) in [6.45, 7) is 17.4. The van der Waals surface area contributed by atoms with Crippen molar-refractivity contribution in [1.29, 1.82) is 0 Å². The summed E-state index contributed by atoms with van der Waals surface area (Å²) in [5.41, 5.74) is -0.0382. The molecular weight excluding hydrogens is 374 g/mol. The van der Waals surface area contributed by atoms with Gasteiger partial charge in [-0.15, -0.1) is 0 Å². The number of halogens is 1. The van der Waals surface area contributed by atoms with E-state index in [0.717, 1.165) is 31.4 Å². The lowest BCUT2D eigenvalue weighted by Crippen LogP contribution is -2.53. The first kappa shape index (κ1) is 24.7. The minimum absolute atomic E-state index is 0.0971. The molecule has 2 heterocycles. The molecule has 0 aromatic rings. The normalized spacial score (nSPS) is 21.9. The molecule has 0 aromatic carbocycles. The molecule has 2 rings (SSSR count). The van der Waals surface area contributed by atoms with E-state index in [1.54, 1.807) is 0 Å². The molecule has 0 saturated heterocycles. The second kappa shape index (κ2) is 12.3. The molecule has 2 aliphatic heterocycles. The van der Waals surface area contributed by atoms with Crippen molar-refractivity contribution >= 4 is 13.8 Å². The van der Waals surface area contributed by atoms with Crippen LogP contribution >= 0.6 is 7.92 Å². The highest BCUT2D eigenvalue weighted by atomic mass is 31.1. The molecule has 0 aromatic heterocycles. The van der Waals surface area contributed by atoms with Crippen molar-refractivity contribution in [3.63, 3.8) is 0 Å². The Kier molecular flexibility index (Phi) is 10.8. The van der Waals surface area contributed by atoms with Gasteiger partial charge in [0.2, 0.25) is 5.72 Å². The molecule has 2 aliphatic rings. The first-order chi connectivity index (χ1) is 13.5. The lowest BCUT2D eigenvalue weighted by Gasteiger charge is -2.41. The second-order valence-corrected chi connectivity index (χ2v) is 9.57. The van der Waals surface area contributed by atoms with Crippen LogP contribution in [0.4, 0.5) is 4.39 Å². The average molecular weight is 413 g/mol. The van der Waals surface area contributed by atoms with Crippen LogP contribution < -0.4 is 0 Å².